The zero-order valence-corrected chi connectivity index (χ0v) is 20.0. The predicted octanol–water partition coefficient (Wildman–Crippen LogP) is 3.95. The van der Waals surface area contributed by atoms with Crippen molar-refractivity contribution in [3.05, 3.63) is 23.8 Å². The Kier molecular flexibility index (Phi) is 8.21. The third-order valence-electron chi connectivity index (χ3n) is 7.42. The largest absolute Gasteiger partial charge is 0.462 e. The number of allylic oxidation sites excluding steroid dienone is 3. The van der Waals surface area contributed by atoms with E-state index in [0.717, 1.165) is 12.8 Å². The molecule has 32 heavy (non-hydrogen) atoms. The number of rotatable bonds is 8. The molecule has 0 aromatic heterocycles. The fourth-order valence-corrected chi connectivity index (χ4v) is 5.56. The molecule has 1 heterocycles. The Labute approximate surface area is 192 Å². The van der Waals surface area contributed by atoms with E-state index in [2.05, 4.69) is 32.1 Å². The molecule has 0 amide bonds. The number of fused-ring (bicyclic) bond motifs is 1. The minimum absolute atomic E-state index is 0.0670. The molecule has 7 atom stereocenters. The van der Waals surface area contributed by atoms with Crippen LogP contribution in [0.3, 0.4) is 0 Å². The van der Waals surface area contributed by atoms with Crippen molar-refractivity contribution in [3.8, 4) is 0 Å². The average molecular weight is 449 g/mol. The van der Waals surface area contributed by atoms with E-state index in [0.29, 0.717) is 37.5 Å². The summed E-state index contributed by atoms with van der Waals surface area (Å²) in [5.41, 5.74) is 0.601. The second kappa shape index (κ2) is 10.5. The van der Waals surface area contributed by atoms with E-state index in [4.69, 9.17) is 9.47 Å². The van der Waals surface area contributed by atoms with Crippen molar-refractivity contribution in [2.75, 3.05) is 6.61 Å². The van der Waals surface area contributed by atoms with Crippen molar-refractivity contribution in [2.45, 2.75) is 91.0 Å². The van der Waals surface area contributed by atoms with Gasteiger partial charge in [-0.15, -0.1) is 0 Å². The molecule has 0 radical (unpaired) electrons. The maximum absolute atomic E-state index is 13.1. The number of carbonyl (C=O) groups excluding carboxylic acids is 2. The highest BCUT2D eigenvalue weighted by molar-refractivity contribution is 5.76. The summed E-state index contributed by atoms with van der Waals surface area (Å²) in [5, 5.41) is 19.1. The molecular weight excluding hydrogens is 408 g/mol. The fourth-order valence-electron chi connectivity index (χ4n) is 5.56. The van der Waals surface area contributed by atoms with Crippen LogP contribution in [0.15, 0.2) is 23.8 Å². The molecule has 180 valence electrons. The number of aliphatic hydroxyl groups excluding tert-OH is 2. The first kappa shape index (κ1) is 25.0. The van der Waals surface area contributed by atoms with Gasteiger partial charge in [-0.05, 0) is 69.3 Å². The molecule has 6 heteroatoms. The van der Waals surface area contributed by atoms with Crippen LogP contribution in [0, 0.1) is 29.1 Å². The summed E-state index contributed by atoms with van der Waals surface area (Å²) in [6.45, 7) is 8.19. The summed E-state index contributed by atoms with van der Waals surface area (Å²) in [6, 6.07) is 0. The van der Waals surface area contributed by atoms with Crippen molar-refractivity contribution in [1.82, 2.24) is 0 Å². The first-order valence-electron chi connectivity index (χ1n) is 12.2. The number of esters is 2. The molecular formula is C26H40O6. The quantitative estimate of drug-likeness (QED) is 0.546. The molecule has 0 aromatic carbocycles. The standard InChI is InChI=1S/C26H40O6/c1-16-12-18-7-6-17(2)21(9-8-20-14-19(28)15-23(29)31-20)24(18)22(13-16)32-25(30)26(3,4)10-5-11-27/h6-7,12,16-17,19-22,24,27-28H,5,8-11,13-15H2,1-4H3/t16-,17-,19+,20+,21-,22-,24-/m0/s1. The highest BCUT2D eigenvalue weighted by Gasteiger charge is 2.43. The van der Waals surface area contributed by atoms with Gasteiger partial charge in [0, 0.05) is 18.9 Å². The van der Waals surface area contributed by atoms with Crippen LogP contribution in [0.25, 0.3) is 0 Å². The first-order chi connectivity index (χ1) is 15.1. The van der Waals surface area contributed by atoms with E-state index in [-0.39, 0.29) is 49.0 Å². The Morgan fingerprint density at radius 1 is 1.25 bits per heavy atom. The lowest BCUT2D eigenvalue weighted by Crippen LogP contribution is -2.43. The second-order valence-corrected chi connectivity index (χ2v) is 10.7. The van der Waals surface area contributed by atoms with Crippen molar-refractivity contribution in [2.24, 2.45) is 29.1 Å². The van der Waals surface area contributed by atoms with Gasteiger partial charge in [0.05, 0.1) is 17.9 Å². The van der Waals surface area contributed by atoms with E-state index in [1.807, 2.05) is 13.8 Å². The number of hydrogen-bond acceptors (Lipinski definition) is 6. The first-order valence-corrected chi connectivity index (χ1v) is 12.2. The Hall–Kier alpha value is -1.66. The fraction of sp³-hybridized carbons (Fsp3) is 0.769. The van der Waals surface area contributed by atoms with Crippen LogP contribution in [0.2, 0.25) is 0 Å². The van der Waals surface area contributed by atoms with Crippen LogP contribution in [-0.2, 0) is 19.1 Å². The topological polar surface area (TPSA) is 93.1 Å². The Bertz CT molecular complexity index is 739. The molecule has 0 bridgehead atoms. The monoisotopic (exact) mass is 448 g/mol. The summed E-state index contributed by atoms with van der Waals surface area (Å²) in [5.74, 6) is 0.512. The van der Waals surface area contributed by atoms with Crippen molar-refractivity contribution < 1.29 is 29.3 Å². The average Bonchev–Trinajstić information content (AvgIpc) is 2.71. The predicted molar refractivity (Wildman–Crippen MR) is 121 cm³/mol. The summed E-state index contributed by atoms with van der Waals surface area (Å²) in [7, 11) is 0. The summed E-state index contributed by atoms with van der Waals surface area (Å²) in [4.78, 5) is 24.8. The minimum atomic E-state index is -0.634. The number of carbonyl (C=O) groups is 2. The molecule has 6 nitrogen and oxygen atoms in total. The van der Waals surface area contributed by atoms with Gasteiger partial charge >= 0.3 is 11.9 Å². The number of aliphatic hydroxyl groups is 2. The molecule has 2 aliphatic carbocycles. The van der Waals surface area contributed by atoms with Crippen molar-refractivity contribution in [3.63, 3.8) is 0 Å². The van der Waals surface area contributed by atoms with Crippen LogP contribution >= 0.6 is 0 Å². The minimum Gasteiger partial charge on any atom is -0.462 e. The second-order valence-electron chi connectivity index (χ2n) is 10.7. The SMILES string of the molecule is C[C@H]1C=C2C=C[C@H](C)[C@H](CC[C@@H]3C[C@@H](O)CC(=O)O3)[C@H]2[C@@H](OC(=O)C(C)(C)CCCO)C1. The van der Waals surface area contributed by atoms with Gasteiger partial charge in [-0.1, -0.05) is 32.1 Å². The Morgan fingerprint density at radius 3 is 2.69 bits per heavy atom. The molecule has 1 saturated heterocycles. The summed E-state index contributed by atoms with van der Waals surface area (Å²) < 4.78 is 11.6. The normalized spacial score (nSPS) is 35.0. The summed E-state index contributed by atoms with van der Waals surface area (Å²) >= 11 is 0. The number of ether oxygens (including phenoxy) is 2. The van der Waals surface area contributed by atoms with Gasteiger partial charge in [0.2, 0.25) is 0 Å². The van der Waals surface area contributed by atoms with E-state index in [9.17, 15) is 19.8 Å². The molecule has 3 rings (SSSR count). The third kappa shape index (κ3) is 6.02. The highest BCUT2D eigenvalue weighted by Crippen LogP contribution is 2.45. The van der Waals surface area contributed by atoms with Gasteiger partial charge in [0.25, 0.3) is 0 Å². The number of cyclic esters (lactones) is 1. The van der Waals surface area contributed by atoms with Gasteiger partial charge < -0.3 is 19.7 Å². The van der Waals surface area contributed by atoms with E-state index in [1.165, 1.54) is 5.57 Å². The molecule has 0 spiro atoms. The molecule has 0 saturated carbocycles. The zero-order valence-electron chi connectivity index (χ0n) is 20.0. The maximum Gasteiger partial charge on any atom is 0.311 e. The van der Waals surface area contributed by atoms with Gasteiger partial charge in [0.1, 0.15) is 12.2 Å². The maximum atomic E-state index is 13.1. The molecule has 1 aliphatic heterocycles. The van der Waals surface area contributed by atoms with Crippen LogP contribution < -0.4 is 0 Å². The van der Waals surface area contributed by atoms with Gasteiger partial charge in [-0.2, -0.15) is 0 Å². The van der Waals surface area contributed by atoms with Crippen molar-refractivity contribution in [1.29, 1.82) is 0 Å². The highest BCUT2D eigenvalue weighted by atomic mass is 16.6. The third-order valence-corrected chi connectivity index (χ3v) is 7.42. The molecule has 3 aliphatic rings. The Morgan fingerprint density at radius 2 is 2.00 bits per heavy atom. The Balaban J connectivity index is 1.74. The van der Waals surface area contributed by atoms with Crippen molar-refractivity contribution >= 4 is 11.9 Å². The molecule has 2 N–H and O–H groups in total. The van der Waals surface area contributed by atoms with Gasteiger partial charge in [-0.25, -0.2) is 0 Å². The van der Waals surface area contributed by atoms with Crippen LogP contribution in [0.1, 0.15) is 72.6 Å². The lowest BCUT2D eigenvalue weighted by atomic mass is 9.65. The zero-order chi connectivity index (χ0) is 23.5. The molecule has 1 fully saturated rings. The van der Waals surface area contributed by atoms with E-state index in [1.54, 1.807) is 0 Å². The van der Waals surface area contributed by atoms with Crippen LogP contribution in [-0.4, -0.2) is 47.1 Å². The number of hydrogen-bond donors (Lipinski definition) is 2. The lowest BCUT2D eigenvalue weighted by Gasteiger charge is -2.44. The molecule has 0 unspecified atom stereocenters. The van der Waals surface area contributed by atoms with Gasteiger partial charge in [-0.3, -0.25) is 9.59 Å². The van der Waals surface area contributed by atoms with Crippen LogP contribution in [0.4, 0.5) is 0 Å². The van der Waals surface area contributed by atoms with Gasteiger partial charge in [0.15, 0.2) is 0 Å². The molecule has 0 aromatic rings. The lowest BCUT2D eigenvalue weighted by molar-refractivity contribution is -0.166. The van der Waals surface area contributed by atoms with E-state index >= 15 is 0 Å². The van der Waals surface area contributed by atoms with Crippen LogP contribution in [0.5, 0.6) is 0 Å². The van der Waals surface area contributed by atoms with E-state index < -0.39 is 11.5 Å². The summed E-state index contributed by atoms with van der Waals surface area (Å²) in [6.07, 6.45) is 9.73. The smallest absolute Gasteiger partial charge is 0.311 e.